The molecule has 132 valence electrons. The molecule has 0 aliphatic heterocycles. The first-order chi connectivity index (χ1) is 11.9. The highest BCUT2D eigenvalue weighted by Gasteiger charge is 2.19. The number of nitrogens with zero attached hydrogens (tertiary/aromatic N) is 2. The minimum absolute atomic E-state index is 0.0778. The Morgan fingerprint density at radius 1 is 1.16 bits per heavy atom. The quantitative estimate of drug-likeness (QED) is 0.496. The van der Waals surface area contributed by atoms with Gasteiger partial charge in [-0.3, -0.25) is 4.79 Å². The van der Waals surface area contributed by atoms with Gasteiger partial charge in [0.1, 0.15) is 0 Å². The lowest BCUT2D eigenvalue weighted by Gasteiger charge is -2.26. The summed E-state index contributed by atoms with van der Waals surface area (Å²) in [6.07, 6.45) is 0. The molecule has 25 heavy (non-hydrogen) atoms. The number of oxime groups is 1. The molecule has 2 rings (SSSR count). The van der Waals surface area contributed by atoms with Gasteiger partial charge in [-0.1, -0.05) is 23.4 Å². The van der Waals surface area contributed by atoms with Crippen molar-refractivity contribution in [2.75, 3.05) is 11.5 Å². The van der Waals surface area contributed by atoms with Crippen molar-refractivity contribution in [1.29, 1.82) is 0 Å². The van der Waals surface area contributed by atoms with Gasteiger partial charge in [0.25, 0.3) is 5.91 Å². The van der Waals surface area contributed by atoms with Crippen LogP contribution in [0.5, 0.6) is 0 Å². The summed E-state index contributed by atoms with van der Waals surface area (Å²) in [5, 5.41) is 3.60. The largest absolute Gasteiger partial charge is 0.384 e. The second-order valence-electron chi connectivity index (χ2n) is 5.57. The Kier molecular flexibility index (Phi) is 6.05. The van der Waals surface area contributed by atoms with Crippen LogP contribution >= 0.6 is 0 Å². The van der Waals surface area contributed by atoms with Crippen molar-refractivity contribution < 1.29 is 18.4 Å². The van der Waals surface area contributed by atoms with Crippen molar-refractivity contribution in [3.63, 3.8) is 0 Å². The van der Waals surface area contributed by atoms with E-state index in [1.54, 1.807) is 4.90 Å². The smallest absolute Gasteiger partial charge is 0.267 e. The number of hydrogen-bond donors (Lipinski definition) is 1. The maximum atomic E-state index is 13.2. The molecule has 2 N–H and O–H groups in total. The highest BCUT2D eigenvalue weighted by molar-refractivity contribution is 5.97. The summed E-state index contributed by atoms with van der Waals surface area (Å²) in [5.41, 5.74) is 6.56. The second kappa shape index (κ2) is 8.23. The molecule has 0 radical (unpaired) electrons. The molecular weight excluding hydrogens is 328 g/mol. The zero-order chi connectivity index (χ0) is 18.4. The van der Waals surface area contributed by atoms with E-state index in [1.807, 2.05) is 44.2 Å². The highest BCUT2D eigenvalue weighted by atomic mass is 19.2. The van der Waals surface area contributed by atoms with E-state index in [0.29, 0.717) is 0 Å². The van der Waals surface area contributed by atoms with Gasteiger partial charge < -0.3 is 15.5 Å². The maximum Gasteiger partial charge on any atom is 0.267 e. The number of rotatable bonds is 6. The number of halogens is 2. The molecule has 2 aromatic rings. The molecule has 0 bridgehead atoms. The molecule has 0 spiro atoms. The average Bonchev–Trinajstić information content (AvgIpc) is 2.58. The van der Waals surface area contributed by atoms with Gasteiger partial charge in [-0.05, 0) is 44.2 Å². The van der Waals surface area contributed by atoms with E-state index in [4.69, 9.17) is 10.6 Å². The van der Waals surface area contributed by atoms with Crippen LogP contribution in [0.1, 0.15) is 19.4 Å². The minimum atomic E-state index is -1.04. The number of carbonyl (C=O) groups is 1. The molecule has 5 nitrogen and oxygen atoms in total. The van der Waals surface area contributed by atoms with Gasteiger partial charge in [-0.2, -0.15) is 0 Å². The minimum Gasteiger partial charge on any atom is -0.384 e. The van der Waals surface area contributed by atoms with Crippen molar-refractivity contribution in [3.8, 4) is 0 Å². The molecular formula is C18H19F2N3O2. The summed E-state index contributed by atoms with van der Waals surface area (Å²) in [4.78, 5) is 18.9. The van der Waals surface area contributed by atoms with Crippen LogP contribution in [0.2, 0.25) is 0 Å². The van der Waals surface area contributed by atoms with Crippen molar-refractivity contribution in [2.24, 2.45) is 10.9 Å². The summed E-state index contributed by atoms with van der Waals surface area (Å²) < 4.78 is 26.1. The first-order valence-corrected chi connectivity index (χ1v) is 7.68. The lowest BCUT2D eigenvalue weighted by Crippen LogP contribution is -2.39. The number of carbonyl (C=O) groups excluding carboxylic acids is 1. The summed E-state index contributed by atoms with van der Waals surface area (Å²) in [7, 11) is 0. The molecule has 0 atom stereocenters. The highest BCUT2D eigenvalue weighted by Crippen LogP contribution is 2.16. The number of hydrogen-bond acceptors (Lipinski definition) is 3. The van der Waals surface area contributed by atoms with E-state index in [9.17, 15) is 13.6 Å². The average molecular weight is 347 g/mol. The van der Waals surface area contributed by atoms with Crippen LogP contribution in [-0.2, 0) is 9.63 Å². The fourth-order valence-corrected chi connectivity index (χ4v) is 2.25. The Balaban J connectivity index is 2.03. The van der Waals surface area contributed by atoms with E-state index in [1.165, 1.54) is 6.07 Å². The molecule has 0 saturated heterocycles. The van der Waals surface area contributed by atoms with Crippen molar-refractivity contribution in [3.05, 3.63) is 65.7 Å². The Bertz CT molecular complexity index is 764. The predicted molar refractivity (Wildman–Crippen MR) is 92.1 cm³/mol. The Hall–Kier alpha value is -2.96. The number of amidine groups is 1. The Morgan fingerprint density at radius 3 is 2.44 bits per heavy atom. The van der Waals surface area contributed by atoms with Crippen molar-refractivity contribution in [2.45, 2.75) is 19.9 Å². The molecule has 0 fully saturated rings. The van der Waals surface area contributed by atoms with Crippen LogP contribution in [0.15, 0.2) is 53.7 Å². The van der Waals surface area contributed by atoms with E-state index in [0.717, 1.165) is 17.8 Å². The van der Waals surface area contributed by atoms with Gasteiger partial charge in [-0.15, -0.1) is 0 Å². The predicted octanol–water partition coefficient (Wildman–Crippen LogP) is 3.04. The maximum absolute atomic E-state index is 13.2. The molecule has 0 aromatic heterocycles. The third-order valence-corrected chi connectivity index (χ3v) is 3.39. The van der Waals surface area contributed by atoms with Crippen molar-refractivity contribution in [1.82, 2.24) is 0 Å². The lowest BCUT2D eigenvalue weighted by molar-refractivity contribution is -0.123. The van der Waals surface area contributed by atoms with Gasteiger partial charge in [0.15, 0.2) is 24.1 Å². The number of para-hydroxylation sites is 1. The third kappa shape index (κ3) is 4.76. The Labute approximate surface area is 144 Å². The number of anilines is 1. The first kappa shape index (κ1) is 18.4. The second-order valence-corrected chi connectivity index (χ2v) is 5.57. The van der Waals surface area contributed by atoms with Crippen LogP contribution in [0.4, 0.5) is 14.5 Å². The van der Waals surface area contributed by atoms with Gasteiger partial charge in [0.2, 0.25) is 0 Å². The first-order valence-electron chi connectivity index (χ1n) is 7.68. The summed E-state index contributed by atoms with van der Waals surface area (Å²) in [6, 6.07) is 12.2. The fourth-order valence-electron chi connectivity index (χ4n) is 2.25. The normalized spacial score (nSPS) is 11.5. The fraction of sp³-hybridized carbons (Fsp3) is 0.222. The summed E-state index contributed by atoms with van der Waals surface area (Å²) in [5.74, 6) is -2.48. The molecule has 7 heteroatoms. The molecule has 0 saturated carbocycles. The Morgan fingerprint density at radius 2 is 1.84 bits per heavy atom. The van der Waals surface area contributed by atoms with Crippen LogP contribution in [-0.4, -0.2) is 24.4 Å². The van der Waals surface area contributed by atoms with E-state index < -0.39 is 11.6 Å². The van der Waals surface area contributed by atoms with Gasteiger partial charge >= 0.3 is 0 Å². The lowest BCUT2D eigenvalue weighted by atomic mass is 10.2. The number of nitrogens with two attached hydrogens (primary N) is 1. The van der Waals surface area contributed by atoms with Gasteiger partial charge in [0.05, 0.1) is 0 Å². The number of amides is 1. The summed E-state index contributed by atoms with van der Waals surface area (Å²) in [6.45, 7) is 3.42. The van der Waals surface area contributed by atoms with E-state index >= 15 is 0 Å². The van der Waals surface area contributed by atoms with Gasteiger partial charge in [-0.25, -0.2) is 8.78 Å². The van der Waals surface area contributed by atoms with Crippen molar-refractivity contribution >= 4 is 17.4 Å². The molecule has 2 aromatic carbocycles. The zero-order valence-corrected chi connectivity index (χ0v) is 13.9. The monoisotopic (exact) mass is 347 g/mol. The zero-order valence-electron chi connectivity index (χ0n) is 13.9. The molecule has 1 amide bonds. The SMILES string of the molecule is CC(C)N(C(=O)CO/N=C(/N)c1ccc(F)c(F)c1)c1ccccc1. The molecule has 0 heterocycles. The van der Waals surface area contributed by atoms with Crippen LogP contribution in [0.25, 0.3) is 0 Å². The van der Waals surface area contributed by atoms with Crippen LogP contribution in [0, 0.1) is 11.6 Å². The van der Waals surface area contributed by atoms with E-state index in [-0.39, 0.29) is 30.0 Å². The molecule has 0 aliphatic rings. The topological polar surface area (TPSA) is 67.9 Å². The summed E-state index contributed by atoms with van der Waals surface area (Å²) >= 11 is 0. The molecule has 0 unspecified atom stereocenters. The van der Waals surface area contributed by atoms with E-state index in [2.05, 4.69) is 5.16 Å². The van der Waals surface area contributed by atoms with Gasteiger partial charge in [0, 0.05) is 17.3 Å². The molecule has 0 aliphatic carbocycles. The standard InChI is InChI=1S/C18H19F2N3O2/c1-12(2)23(14-6-4-3-5-7-14)17(24)11-25-22-18(21)13-8-9-15(19)16(20)10-13/h3-10,12H,11H2,1-2H3,(H2,21,22). The number of benzene rings is 2. The third-order valence-electron chi connectivity index (χ3n) is 3.39. The van der Waals surface area contributed by atoms with Crippen LogP contribution in [0.3, 0.4) is 0 Å². The van der Waals surface area contributed by atoms with Crippen LogP contribution < -0.4 is 10.6 Å².